The first-order valence-corrected chi connectivity index (χ1v) is 6.35. The number of aromatic nitrogens is 1. The number of pyridine rings is 1. The number of hydrogen-bond acceptors (Lipinski definition) is 4. The van der Waals surface area contributed by atoms with Gasteiger partial charge in [-0.15, -0.1) is 0 Å². The van der Waals surface area contributed by atoms with E-state index >= 15 is 0 Å². The standard InChI is InChI=1S/C14H18FN3O2/c1-10-8-17(12-11(15)6-5-7-16-12)18(9-10)13(19)20-14(2,3)4/h5-8H,9H2,1-4H3. The van der Waals surface area contributed by atoms with Gasteiger partial charge in [-0.05, 0) is 45.4 Å². The predicted molar refractivity (Wildman–Crippen MR) is 73.4 cm³/mol. The summed E-state index contributed by atoms with van der Waals surface area (Å²) in [6.45, 7) is 7.57. The number of anilines is 1. The summed E-state index contributed by atoms with van der Waals surface area (Å²) in [5, 5.41) is 2.71. The van der Waals surface area contributed by atoms with Crippen molar-refractivity contribution in [3.05, 3.63) is 35.9 Å². The molecule has 0 saturated heterocycles. The molecule has 1 aromatic heterocycles. The van der Waals surface area contributed by atoms with Crippen molar-refractivity contribution in [3.8, 4) is 0 Å². The Bertz CT molecular complexity index is 552. The molecule has 0 atom stereocenters. The third kappa shape index (κ3) is 3.07. The molecule has 0 unspecified atom stereocenters. The van der Waals surface area contributed by atoms with E-state index in [0.29, 0.717) is 6.54 Å². The van der Waals surface area contributed by atoms with Crippen LogP contribution in [0.5, 0.6) is 0 Å². The fraction of sp³-hybridized carbons (Fsp3) is 0.429. The molecule has 20 heavy (non-hydrogen) atoms. The van der Waals surface area contributed by atoms with Crippen LogP contribution in [-0.2, 0) is 4.74 Å². The first-order valence-electron chi connectivity index (χ1n) is 6.35. The van der Waals surface area contributed by atoms with E-state index < -0.39 is 17.5 Å². The van der Waals surface area contributed by atoms with E-state index in [2.05, 4.69) is 4.98 Å². The van der Waals surface area contributed by atoms with Crippen LogP contribution in [0.25, 0.3) is 0 Å². The third-order valence-corrected chi connectivity index (χ3v) is 2.56. The molecule has 1 aromatic rings. The Morgan fingerprint density at radius 1 is 1.45 bits per heavy atom. The minimum Gasteiger partial charge on any atom is -0.442 e. The summed E-state index contributed by atoms with van der Waals surface area (Å²) < 4.78 is 19.2. The number of ether oxygens (including phenoxy) is 1. The number of carbonyl (C=O) groups excluding carboxylic acids is 1. The first kappa shape index (κ1) is 14.3. The minimum atomic E-state index is -0.609. The maximum absolute atomic E-state index is 13.8. The van der Waals surface area contributed by atoms with Gasteiger partial charge >= 0.3 is 6.09 Å². The molecule has 0 radical (unpaired) electrons. The molecule has 5 nitrogen and oxygen atoms in total. The maximum Gasteiger partial charge on any atom is 0.429 e. The van der Waals surface area contributed by atoms with Gasteiger partial charge in [0, 0.05) is 12.4 Å². The van der Waals surface area contributed by atoms with E-state index in [9.17, 15) is 9.18 Å². The summed E-state index contributed by atoms with van der Waals surface area (Å²) in [6, 6.07) is 2.81. The summed E-state index contributed by atoms with van der Waals surface area (Å²) in [5.41, 5.74) is 0.308. The van der Waals surface area contributed by atoms with Crippen molar-refractivity contribution in [2.24, 2.45) is 0 Å². The van der Waals surface area contributed by atoms with Crippen LogP contribution < -0.4 is 5.01 Å². The van der Waals surface area contributed by atoms with Crippen LogP contribution in [-0.4, -0.2) is 28.2 Å². The topological polar surface area (TPSA) is 45.7 Å². The van der Waals surface area contributed by atoms with E-state index in [1.54, 1.807) is 27.0 Å². The molecule has 0 fully saturated rings. The van der Waals surface area contributed by atoms with Crippen molar-refractivity contribution in [1.29, 1.82) is 0 Å². The lowest BCUT2D eigenvalue weighted by atomic mass is 10.2. The Labute approximate surface area is 117 Å². The van der Waals surface area contributed by atoms with Gasteiger partial charge in [0.15, 0.2) is 11.6 Å². The normalized spacial score (nSPS) is 15.3. The molecule has 1 aliphatic rings. The highest BCUT2D eigenvalue weighted by molar-refractivity contribution is 5.72. The highest BCUT2D eigenvalue weighted by Gasteiger charge is 2.32. The van der Waals surface area contributed by atoms with E-state index in [-0.39, 0.29) is 5.82 Å². The van der Waals surface area contributed by atoms with Gasteiger partial charge in [0.2, 0.25) is 0 Å². The summed E-state index contributed by atoms with van der Waals surface area (Å²) in [5.74, 6) is -0.415. The molecule has 2 heterocycles. The highest BCUT2D eigenvalue weighted by atomic mass is 19.1. The van der Waals surface area contributed by atoms with Crippen molar-refractivity contribution >= 4 is 11.9 Å². The molecule has 1 aliphatic heterocycles. The molecule has 0 aliphatic carbocycles. The fourth-order valence-corrected chi connectivity index (χ4v) is 1.82. The van der Waals surface area contributed by atoms with Crippen molar-refractivity contribution < 1.29 is 13.9 Å². The lowest BCUT2D eigenvalue weighted by Crippen LogP contribution is -2.44. The Kier molecular flexibility index (Phi) is 3.65. The smallest absolute Gasteiger partial charge is 0.429 e. The molecule has 2 rings (SSSR count). The zero-order valence-electron chi connectivity index (χ0n) is 12.1. The molecule has 108 valence electrons. The molecule has 0 bridgehead atoms. The second-order valence-corrected chi connectivity index (χ2v) is 5.67. The van der Waals surface area contributed by atoms with Gasteiger partial charge in [0.1, 0.15) is 5.60 Å². The Balaban J connectivity index is 2.27. The van der Waals surface area contributed by atoms with Gasteiger partial charge in [-0.2, -0.15) is 0 Å². The monoisotopic (exact) mass is 279 g/mol. The van der Waals surface area contributed by atoms with Crippen LogP contribution in [0.3, 0.4) is 0 Å². The van der Waals surface area contributed by atoms with Gasteiger partial charge in [-0.25, -0.2) is 24.2 Å². The Hall–Kier alpha value is -2.11. The molecular weight excluding hydrogens is 261 g/mol. The van der Waals surface area contributed by atoms with Gasteiger partial charge in [-0.3, -0.25) is 0 Å². The van der Waals surface area contributed by atoms with E-state index in [1.165, 1.54) is 28.3 Å². The van der Waals surface area contributed by atoms with Crippen molar-refractivity contribution in [2.45, 2.75) is 33.3 Å². The Morgan fingerprint density at radius 3 is 2.75 bits per heavy atom. The van der Waals surface area contributed by atoms with Crippen molar-refractivity contribution in [1.82, 2.24) is 9.99 Å². The fourth-order valence-electron chi connectivity index (χ4n) is 1.82. The quantitative estimate of drug-likeness (QED) is 0.792. The second-order valence-electron chi connectivity index (χ2n) is 5.67. The minimum absolute atomic E-state index is 0.0789. The predicted octanol–water partition coefficient (Wildman–Crippen LogP) is 3.10. The summed E-state index contributed by atoms with van der Waals surface area (Å²) in [7, 11) is 0. The first-order chi connectivity index (χ1) is 9.28. The zero-order valence-corrected chi connectivity index (χ0v) is 12.1. The molecule has 6 heteroatoms. The molecule has 0 saturated carbocycles. The summed E-state index contributed by atoms with van der Waals surface area (Å²) >= 11 is 0. The number of amides is 1. The number of halogens is 1. The SMILES string of the molecule is CC1=CN(c2ncccc2F)N(C(=O)OC(C)(C)C)C1. The van der Waals surface area contributed by atoms with E-state index in [4.69, 9.17) is 4.74 Å². The number of carbonyl (C=O) groups is 1. The molecule has 1 amide bonds. The maximum atomic E-state index is 13.8. The lowest BCUT2D eigenvalue weighted by Gasteiger charge is -2.30. The van der Waals surface area contributed by atoms with Crippen LogP contribution >= 0.6 is 0 Å². The van der Waals surface area contributed by atoms with Crippen LogP contribution in [0.1, 0.15) is 27.7 Å². The van der Waals surface area contributed by atoms with Crippen molar-refractivity contribution in [3.63, 3.8) is 0 Å². The van der Waals surface area contributed by atoms with Gasteiger partial charge < -0.3 is 4.74 Å². The van der Waals surface area contributed by atoms with E-state index in [0.717, 1.165) is 5.57 Å². The van der Waals surface area contributed by atoms with Crippen LogP contribution in [0.15, 0.2) is 30.1 Å². The Morgan fingerprint density at radius 2 is 2.15 bits per heavy atom. The summed E-state index contributed by atoms with van der Waals surface area (Å²) in [4.78, 5) is 16.2. The number of rotatable bonds is 1. The zero-order chi connectivity index (χ0) is 14.9. The summed E-state index contributed by atoms with van der Waals surface area (Å²) in [6.07, 6.45) is 2.62. The molecule has 0 aromatic carbocycles. The van der Waals surface area contributed by atoms with Crippen molar-refractivity contribution in [2.75, 3.05) is 11.6 Å². The average molecular weight is 279 g/mol. The van der Waals surface area contributed by atoms with Crippen LogP contribution in [0.2, 0.25) is 0 Å². The third-order valence-electron chi connectivity index (χ3n) is 2.56. The van der Waals surface area contributed by atoms with Crippen LogP contribution in [0.4, 0.5) is 15.0 Å². The number of nitrogens with zero attached hydrogens (tertiary/aromatic N) is 3. The number of hydrazine groups is 1. The van der Waals surface area contributed by atoms with Gasteiger partial charge in [-0.1, -0.05) is 0 Å². The highest BCUT2D eigenvalue weighted by Crippen LogP contribution is 2.25. The number of hydrogen-bond donors (Lipinski definition) is 0. The molecular formula is C14H18FN3O2. The van der Waals surface area contributed by atoms with Gasteiger partial charge in [0.25, 0.3) is 0 Å². The second kappa shape index (κ2) is 5.11. The molecule has 0 N–H and O–H groups in total. The molecule has 0 spiro atoms. The van der Waals surface area contributed by atoms with Gasteiger partial charge in [0.05, 0.1) is 6.54 Å². The largest absolute Gasteiger partial charge is 0.442 e. The van der Waals surface area contributed by atoms with E-state index in [1.807, 2.05) is 6.92 Å². The lowest BCUT2D eigenvalue weighted by molar-refractivity contribution is 0.0277. The average Bonchev–Trinajstić information content (AvgIpc) is 2.69. The van der Waals surface area contributed by atoms with Crippen LogP contribution in [0, 0.1) is 5.82 Å².